The number of rotatable bonds is 9. The van der Waals surface area contributed by atoms with Crippen molar-refractivity contribution in [1.29, 1.82) is 5.26 Å². The Morgan fingerprint density at radius 1 is 1.02 bits per heavy atom. The zero-order valence-corrected chi connectivity index (χ0v) is 27.3. The van der Waals surface area contributed by atoms with Gasteiger partial charge in [-0.25, -0.2) is 19.7 Å². The van der Waals surface area contributed by atoms with Crippen LogP contribution in [0.25, 0.3) is 11.3 Å². The summed E-state index contributed by atoms with van der Waals surface area (Å²) in [5.74, 6) is 2.63. The average molecular weight is 655 g/mol. The van der Waals surface area contributed by atoms with Crippen molar-refractivity contribution >= 4 is 17.8 Å². The van der Waals surface area contributed by atoms with Crippen LogP contribution in [0.1, 0.15) is 93.3 Å². The molecule has 3 saturated carbocycles. The molecule has 0 bridgehead atoms. The molecule has 0 unspecified atom stereocenters. The van der Waals surface area contributed by atoms with Crippen molar-refractivity contribution in [3.63, 3.8) is 0 Å². The molecule has 12 nitrogen and oxygen atoms in total. The molecule has 7 rings (SSSR count). The molecule has 0 aromatic carbocycles. The first-order chi connectivity index (χ1) is 23.4. The van der Waals surface area contributed by atoms with E-state index in [1.54, 1.807) is 19.6 Å². The maximum atomic E-state index is 14.3. The number of β-amino-alcohol motifs (C(OH)–C–C–N with tert-alkyl or cyclic N) is 1. The van der Waals surface area contributed by atoms with E-state index in [2.05, 4.69) is 11.1 Å². The molecule has 12 heteroatoms. The molecular weight excluding hydrogens is 612 g/mol. The number of hydrogen-bond acceptors (Lipinski definition) is 10. The lowest BCUT2D eigenvalue weighted by Crippen LogP contribution is -2.54. The summed E-state index contributed by atoms with van der Waals surface area (Å²) in [6.07, 6.45) is 10.7. The third-order valence-electron chi connectivity index (χ3n) is 10.4. The summed E-state index contributed by atoms with van der Waals surface area (Å²) in [5.41, 5.74) is 2.83. The molecule has 252 valence electrons. The van der Waals surface area contributed by atoms with Crippen LogP contribution in [0.3, 0.4) is 0 Å². The fraction of sp³-hybridized carbons (Fsp3) is 0.556. The van der Waals surface area contributed by atoms with Crippen molar-refractivity contribution in [1.82, 2.24) is 19.9 Å². The fourth-order valence-corrected chi connectivity index (χ4v) is 7.26. The largest absolute Gasteiger partial charge is 0.494 e. The van der Waals surface area contributed by atoms with E-state index < -0.39 is 6.10 Å². The highest BCUT2D eigenvalue weighted by molar-refractivity contribution is 5.94. The number of carbonyl (C=O) groups excluding carboxylic acids is 2. The number of anilines is 1. The Bertz CT molecular complexity index is 1660. The van der Waals surface area contributed by atoms with E-state index in [4.69, 9.17) is 23.9 Å². The molecule has 4 heterocycles. The number of nitrogens with zero attached hydrogens (tertiary/aromatic N) is 6. The van der Waals surface area contributed by atoms with Gasteiger partial charge in [0.05, 0.1) is 26.3 Å². The van der Waals surface area contributed by atoms with Gasteiger partial charge in [0.25, 0.3) is 0 Å². The van der Waals surface area contributed by atoms with Crippen LogP contribution in [0.2, 0.25) is 0 Å². The number of likely N-dealkylation sites (tertiary alicyclic amines) is 1. The molecule has 0 radical (unpaired) electrons. The molecule has 1 saturated heterocycles. The van der Waals surface area contributed by atoms with Crippen molar-refractivity contribution in [2.45, 2.75) is 88.3 Å². The minimum absolute atomic E-state index is 0.0479. The molecule has 3 aromatic heterocycles. The smallest absolute Gasteiger partial charge is 0.410 e. The first-order valence-electron chi connectivity index (χ1n) is 17.2. The number of pyridine rings is 2. The van der Waals surface area contributed by atoms with Crippen molar-refractivity contribution < 1.29 is 28.6 Å². The van der Waals surface area contributed by atoms with Gasteiger partial charge in [0, 0.05) is 41.8 Å². The second kappa shape index (κ2) is 13.9. The molecule has 3 aliphatic carbocycles. The van der Waals surface area contributed by atoms with Crippen LogP contribution < -0.4 is 9.64 Å². The molecule has 48 heavy (non-hydrogen) atoms. The quantitative estimate of drug-likeness (QED) is 0.310. The number of aromatic nitrogens is 3. The first-order valence-corrected chi connectivity index (χ1v) is 17.2. The predicted octanol–water partition coefficient (Wildman–Crippen LogP) is 5.57. The summed E-state index contributed by atoms with van der Waals surface area (Å²) in [6, 6.07) is 9.76. The van der Waals surface area contributed by atoms with Crippen LogP contribution in [0.4, 0.5) is 10.6 Å². The zero-order valence-electron chi connectivity index (χ0n) is 27.3. The predicted molar refractivity (Wildman–Crippen MR) is 174 cm³/mol. The Kier molecular flexibility index (Phi) is 9.30. The van der Waals surface area contributed by atoms with E-state index in [0.29, 0.717) is 68.5 Å². The number of methoxy groups -OCH3 is 1. The minimum atomic E-state index is -0.473. The molecule has 1 N–H and O–H groups in total. The third-order valence-corrected chi connectivity index (χ3v) is 10.4. The van der Waals surface area contributed by atoms with Crippen molar-refractivity contribution in [3.8, 4) is 23.1 Å². The molecule has 0 spiro atoms. The van der Waals surface area contributed by atoms with E-state index >= 15 is 0 Å². The topological polar surface area (TPSA) is 155 Å². The second-order valence-electron chi connectivity index (χ2n) is 13.7. The second-order valence-corrected chi connectivity index (χ2v) is 13.7. The Balaban J connectivity index is 1.04. The van der Waals surface area contributed by atoms with Gasteiger partial charge in [0.15, 0.2) is 17.3 Å². The minimum Gasteiger partial charge on any atom is -0.494 e. The van der Waals surface area contributed by atoms with Gasteiger partial charge >= 0.3 is 6.09 Å². The molecule has 4 aliphatic rings. The van der Waals surface area contributed by atoms with Crippen molar-refractivity contribution in [2.24, 2.45) is 11.8 Å². The number of ether oxygens (including phenoxy) is 2. The van der Waals surface area contributed by atoms with Gasteiger partial charge in [-0.05, 0) is 94.4 Å². The van der Waals surface area contributed by atoms with Crippen LogP contribution in [0.5, 0.6) is 5.75 Å². The highest BCUT2D eigenvalue weighted by Gasteiger charge is 2.37. The van der Waals surface area contributed by atoms with Gasteiger partial charge in [-0.1, -0.05) is 0 Å². The third kappa shape index (κ3) is 7.02. The van der Waals surface area contributed by atoms with Gasteiger partial charge in [-0.2, -0.15) is 5.26 Å². The molecule has 2 amide bonds. The maximum absolute atomic E-state index is 14.3. The molecule has 0 atom stereocenters. The van der Waals surface area contributed by atoms with Gasteiger partial charge in [-0.15, -0.1) is 0 Å². The zero-order chi connectivity index (χ0) is 33.2. The van der Waals surface area contributed by atoms with Gasteiger partial charge in [0.1, 0.15) is 29.9 Å². The van der Waals surface area contributed by atoms with Crippen LogP contribution in [-0.2, 0) is 9.53 Å². The molecule has 3 aromatic rings. The van der Waals surface area contributed by atoms with Gasteiger partial charge in [0.2, 0.25) is 5.91 Å². The molecule has 1 aliphatic heterocycles. The SMILES string of the molecule is COc1ccc(C2CCC(CN(C(=O)C3CCC(OC(=O)N4CC(O)C4)CC3)c3cc(-c4coc(C5CC5)n4)ccn3)CC2)nc1C#N. The Hall–Kier alpha value is -4.50. The van der Waals surface area contributed by atoms with E-state index in [9.17, 15) is 20.0 Å². The number of aliphatic hydroxyl groups is 1. The summed E-state index contributed by atoms with van der Waals surface area (Å²) in [4.78, 5) is 44.1. The maximum Gasteiger partial charge on any atom is 0.410 e. The van der Waals surface area contributed by atoms with Gasteiger partial charge in [-0.3, -0.25) is 9.69 Å². The fourth-order valence-electron chi connectivity index (χ4n) is 7.26. The Morgan fingerprint density at radius 2 is 1.77 bits per heavy atom. The van der Waals surface area contributed by atoms with E-state index in [-0.39, 0.29) is 35.9 Å². The molecular formula is C36H42N6O6. The van der Waals surface area contributed by atoms with Crippen molar-refractivity contribution in [3.05, 3.63) is 54.0 Å². The first kappa shape index (κ1) is 32.1. The lowest BCUT2D eigenvalue weighted by atomic mass is 9.79. The number of oxazole rings is 1. The lowest BCUT2D eigenvalue weighted by molar-refractivity contribution is -0.124. The van der Waals surface area contributed by atoms with Crippen molar-refractivity contribution in [2.75, 3.05) is 31.6 Å². The van der Waals surface area contributed by atoms with Crippen LogP contribution in [-0.4, -0.2) is 75.9 Å². The highest BCUT2D eigenvalue weighted by atomic mass is 16.6. The standard InChI is InChI=1S/C36H42N6O6/c1-46-32-13-12-29(39-30(32)17-37)23-4-2-22(3-5-23)18-42(33-16-26(14-15-38-33)31-21-47-34(40-31)24-6-7-24)35(44)25-8-10-28(11-9-25)48-36(45)41-19-27(43)20-41/h12-16,21-25,27-28,43H,2-11,18-20H2,1H3. The number of carbonyl (C=O) groups is 2. The molecule has 4 fully saturated rings. The van der Waals surface area contributed by atoms with E-state index in [0.717, 1.165) is 61.4 Å². The van der Waals surface area contributed by atoms with Crippen LogP contribution in [0, 0.1) is 23.2 Å². The van der Waals surface area contributed by atoms with Crippen LogP contribution >= 0.6 is 0 Å². The number of aliphatic hydroxyl groups excluding tert-OH is 1. The summed E-state index contributed by atoms with van der Waals surface area (Å²) in [6.45, 7) is 1.17. The number of amides is 2. The summed E-state index contributed by atoms with van der Waals surface area (Å²) in [7, 11) is 1.54. The highest BCUT2D eigenvalue weighted by Crippen LogP contribution is 2.41. The monoisotopic (exact) mass is 654 g/mol. The normalized spacial score (nSPS) is 24.3. The number of nitriles is 1. The summed E-state index contributed by atoms with van der Waals surface area (Å²) >= 11 is 0. The van der Waals surface area contributed by atoms with Gasteiger partial charge < -0.3 is 23.9 Å². The van der Waals surface area contributed by atoms with E-state index in [1.807, 2.05) is 29.2 Å². The number of hydrogen-bond donors (Lipinski definition) is 1. The average Bonchev–Trinajstić information content (AvgIpc) is 3.84. The van der Waals surface area contributed by atoms with E-state index in [1.165, 1.54) is 4.90 Å². The van der Waals surface area contributed by atoms with Crippen LogP contribution in [0.15, 0.2) is 41.1 Å². The Labute approximate surface area is 280 Å². The summed E-state index contributed by atoms with van der Waals surface area (Å²) < 4.78 is 16.7. The Morgan fingerprint density at radius 3 is 2.46 bits per heavy atom. The lowest BCUT2D eigenvalue weighted by Gasteiger charge is -2.37. The summed E-state index contributed by atoms with van der Waals surface area (Å²) in [5, 5.41) is 19.0.